The van der Waals surface area contributed by atoms with Crippen LogP contribution in [0.15, 0.2) is 60.2 Å². The van der Waals surface area contributed by atoms with E-state index in [1.165, 1.54) is 0 Å². The number of Topliss-reactive ketones (excluding diaryl/α,β-unsaturated/α-hetero) is 1. The van der Waals surface area contributed by atoms with Crippen molar-refractivity contribution in [2.24, 2.45) is 0 Å². The number of ketones is 1. The smallest absolute Gasteiger partial charge is 0.295 e. The number of benzene rings is 2. The number of likely N-dealkylation sites (tertiary alicyclic amines) is 1. The molecule has 1 aliphatic rings. The second kappa shape index (κ2) is 7.76. The lowest BCUT2D eigenvalue weighted by molar-refractivity contribution is -0.140. The normalized spacial score (nSPS) is 19.1. The fourth-order valence-electron chi connectivity index (χ4n) is 3.27. The molecule has 1 heterocycles. The fourth-order valence-corrected chi connectivity index (χ4v) is 3.27. The van der Waals surface area contributed by atoms with E-state index in [-0.39, 0.29) is 11.3 Å². The summed E-state index contributed by atoms with van der Waals surface area (Å²) in [7, 11) is 3.84. The van der Waals surface area contributed by atoms with Crippen LogP contribution >= 0.6 is 0 Å². The minimum absolute atomic E-state index is 0.133. The summed E-state index contributed by atoms with van der Waals surface area (Å²) in [6, 6.07) is 16.0. The van der Waals surface area contributed by atoms with Gasteiger partial charge in [0.1, 0.15) is 5.76 Å². The summed E-state index contributed by atoms with van der Waals surface area (Å²) in [4.78, 5) is 29.0. The van der Waals surface area contributed by atoms with Crippen LogP contribution in [0.4, 0.5) is 0 Å². The van der Waals surface area contributed by atoms with Crippen LogP contribution in [0.5, 0.6) is 0 Å². The van der Waals surface area contributed by atoms with E-state index in [0.717, 1.165) is 11.1 Å². The summed E-state index contributed by atoms with van der Waals surface area (Å²) in [5.41, 5.74) is 2.58. The van der Waals surface area contributed by atoms with Crippen LogP contribution < -0.4 is 0 Å². The van der Waals surface area contributed by atoms with Crippen molar-refractivity contribution >= 4 is 17.4 Å². The summed E-state index contributed by atoms with van der Waals surface area (Å²) in [6.07, 6.45) is 0. The van der Waals surface area contributed by atoms with Gasteiger partial charge in [0, 0.05) is 18.7 Å². The first-order valence-corrected chi connectivity index (χ1v) is 8.95. The molecule has 2 aromatic carbocycles. The summed E-state index contributed by atoms with van der Waals surface area (Å²) >= 11 is 0. The van der Waals surface area contributed by atoms with E-state index in [0.29, 0.717) is 18.7 Å². The van der Waals surface area contributed by atoms with Crippen molar-refractivity contribution in [3.8, 4) is 0 Å². The van der Waals surface area contributed by atoms with Gasteiger partial charge in [-0.25, -0.2) is 0 Å². The molecule has 140 valence electrons. The van der Waals surface area contributed by atoms with Gasteiger partial charge in [0.25, 0.3) is 11.7 Å². The van der Waals surface area contributed by atoms with Crippen molar-refractivity contribution in [1.29, 1.82) is 0 Å². The van der Waals surface area contributed by atoms with Gasteiger partial charge < -0.3 is 14.9 Å². The van der Waals surface area contributed by atoms with Crippen LogP contribution in [0.3, 0.4) is 0 Å². The molecule has 0 aromatic heterocycles. The maximum Gasteiger partial charge on any atom is 0.295 e. The molecule has 2 aromatic rings. The Kier molecular flexibility index (Phi) is 5.42. The molecule has 27 heavy (non-hydrogen) atoms. The topological polar surface area (TPSA) is 60.9 Å². The van der Waals surface area contributed by atoms with Gasteiger partial charge in [-0.2, -0.15) is 0 Å². The van der Waals surface area contributed by atoms with Crippen molar-refractivity contribution in [2.75, 3.05) is 27.2 Å². The Morgan fingerprint density at radius 3 is 2.26 bits per heavy atom. The van der Waals surface area contributed by atoms with Gasteiger partial charge in [-0.3, -0.25) is 9.59 Å². The monoisotopic (exact) mass is 364 g/mol. The number of hydrogen-bond donors (Lipinski definition) is 1. The molecule has 0 bridgehead atoms. The number of hydrogen-bond acceptors (Lipinski definition) is 4. The molecule has 1 N–H and O–H groups in total. The highest BCUT2D eigenvalue weighted by atomic mass is 16.3. The van der Waals surface area contributed by atoms with E-state index in [9.17, 15) is 14.7 Å². The maximum absolute atomic E-state index is 12.8. The van der Waals surface area contributed by atoms with Gasteiger partial charge in [-0.05, 0) is 26.6 Å². The molecule has 0 radical (unpaired) electrons. The Morgan fingerprint density at radius 1 is 1.04 bits per heavy atom. The molecule has 3 rings (SSSR count). The predicted molar refractivity (Wildman–Crippen MR) is 105 cm³/mol. The second-order valence-corrected chi connectivity index (χ2v) is 7.07. The molecule has 1 saturated heterocycles. The molecular weight excluding hydrogens is 340 g/mol. The number of rotatable bonds is 5. The lowest BCUT2D eigenvalue weighted by atomic mass is 9.95. The Hall–Kier alpha value is -2.92. The van der Waals surface area contributed by atoms with E-state index in [4.69, 9.17) is 0 Å². The highest BCUT2D eigenvalue weighted by Gasteiger charge is 2.45. The molecule has 1 atom stereocenters. The lowest BCUT2D eigenvalue weighted by Crippen LogP contribution is -2.35. The third-order valence-electron chi connectivity index (χ3n) is 4.77. The second-order valence-electron chi connectivity index (χ2n) is 7.07. The van der Waals surface area contributed by atoms with Gasteiger partial charge in [-0.1, -0.05) is 60.2 Å². The third kappa shape index (κ3) is 3.78. The minimum Gasteiger partial charge on any atom is -0.507 e. The van der Waals surface area contributed by atoms with Crippen molar-refractivity contribution in [1.82, 2.24) is 9.80 Å². The number of amides is 1. The van der Waals surface area contributed by atoms with Crippen LogP contribution in [0.2, 0.25) is 0 Å². The lowest BCUT2D eigenvalue weighted by Gasteiger charge is -2.26. The molecule has 1 unspecified atom stereocenters. The quantitative estimate of drug-likeness (QED) is 0.503. The Morgan fingerprint density at radius 2 is 1.67 bits per heavy atom. The first-order chi connectivity index (χ1) is 12.9. The largest absolute Gasteiger partial charge is 0.507 e. The number of nitrogens with zero attached hydrogens (tertiary/aromatic N) is 2. The third-order valence-corrected chi connectivity index (χ3v) is 4.77. The molecule has 0 aliphatic carbocycles. The zero-order chi connectivity index (χ0) is 19.6. The first-order valence-electron chi connectivity index (χ1n) is 8.95. The summed E-state index contributed by atoms with van der Waals surface area (Å²) in [5, 5.41) is 10.9. The van der Waals surface area contributed by atoms with Gasteiger partial charge in [-0.15, -0.1) is 0 Å². The van der Waals surface area contributed by atoms with Crippen LogP contribution in [0.25, 0.3) is 5.76 Å². The number of likely N-dealkylation sites (N-methyl/N-ethyl adjacent to an activating group) is 1. The molecular formula is C22H24N2O3. The molecule has 0 saturated carbocycles. The van der Waals surface area contributed by atoms with Gasteiger partial charge >= 0.3 is 0 Å². The highest BCUT2D eigenvalue weighted by molar-refractivity contribution is 6.46. The van der Waals surface area contributed by atoms with E-state index in [1.807, 2.05) is 56.3 Å². The number of carbonyl (C=O) groups excluding carboxylic acids is 2. The average molecular weight is 364 g/mol. The maximum atomic E-state index is 12.8. The molecule has 0 spiro atoms. The van der Waals surface area contributed by atoms with Gasteiger partial charge in [0.15, 0.2) is 0 Å². The molecule has 1 amide bonds. The Bertz CT molecular complexity index is 870. The van der Waals surface area contributed by atoms with Crippen molar-refractivity contribution in [2.45, 2.75) is 13.0 Å². The van der Waals surface area contributed by atoms with Crippen molar-refractivity contribution in [3.63, 3.8) is 0 Å². The SMILES string of the molecule is Cc1ccc(C2/C(=C(\O)c3ccccc3)C(=O)C(=O)N2CCN(C)C)cc1. The van der Waals surface area contributed by atoms with Crippen LogP contribution in [0.1, 0.15) is 22.7 Å². The predicted octanol–water partition coefficient (Wildman–Crippen LogP) is 2.98. The summed E-state index contributed by atoms with van der Waals surface area (Å²) in [6.45, 7) is 3.01. The van der Waals surface area contributed by atoms with E-state index < -0.39 is 17.7 Å². The van der Waals surface area contributed by atoms with E-state index in [2.05, 4.69) is 0 Å². The molecule has 5 nitrogen and oxygen atoms in total. The van der Waals surface area contributed by atoms with Gasteiger partial charge in [0.2, 0.25) is 0 Å². The van der Waals surface area contributed by atoms with Crippen LogP contribution in [-0.4, -0.2) is 53.8 Å². The molecule has 1 aliphatic heterocycles. The number of aryl methyl sites for hydroxylation is 1. The molecule has 1 fully saturated rings. The number of aliphatic hydroxyl groups excluding tert-OH is 1. The first kappa shape index (κ1) is 18.9. The zero-order valence-corrected chi connectivity index (χ0v) is 15.8. The average Bonchev–Trinajstić information content (AvgIpc) is 2.91. The Balaban J connectivity index is 2.13. The standard InChI is InChI=1S/C22H24N2O3/c1-15-9-11-16(12-10-15)19-18(20(25)17-7-5-4-6-8-17)21(26)22(27)24(19)14-13-23(2)3/h4-12,19,25H,13-14H2,1-3H3/b20-18+. The van der Waals surface area contributed by atoms with Crippen molar-refractivity contribution in [3.05, 3.63) is 76.9 Å². The van der Waals surface area contributed by atoms with E-state index in [1.54, 1.807) is 29.2 Å². The number of aliphatic hydroxyl groups is 1. The van der Waals surface area contributed by atoms with Crippen molar-refractivity contribution < 1.29 is 14.7 Å². The van der Waals surface area contributed by atoms with Crippen LogP contribution in [-0.2, 0) is 9.59 Å². The fraction of sp³-hybridized carbons (Fsp3) is 0.273. The van der Waals surface area contributed by atoms with Crippen LogP contribution in [0, 0.1) is 6.92 Å². The zero-order valence-electron chi connectivity index (χ0n) is 15.8. The van der Waals surface area contributed by atoms with Gasteiger partial charge in [0.05, 0.1) is 11.6 Å². The summed E-state index contributed by atoms with van der Waals surface area (Å²) < 4.78 is 0. The highest BCUT2D eigenvalue weighted by Crippen LogP contribution is 2.39. The molecule has 5 heteroatoms. The summed E-state index contributed by atoms with van der Waals surface area (Å²) in [5.74, 6) is -1.34. The Labute approximate surface area is 159 Å². The van der Waals surface area contributed by atoms with E-state index >= 15 is 0 Å². The minimum atomic E-state index is -0.638. The number of carbonyl (C=O) groups is 2.